The van der Waals surface area contributed by atoms with Crippen LogP contribution in [0.1, 0.15) is 41.1 Å². The lowest BCUT2D eigenvalue weighted by Crippen LogP contribution is -2.46. The van der Waals surface area contributed by atoms with Crippen molar-refractivity contribution in [2.45, 2.75) is 33.7 Å². The first-order chi connectivity index (χ1) is 16.8. The number of anilines is 1. The van der Waals surface area contributed by atoms with Crippen molar-refractivity contribution in [3.63, 3.8) is 0 Å². The standard InChI is InChI=1S/C28H25FN4OS/c1-16-5-8-20(9-6-16)25-24(27-31-26(32-34-27)21-10-12-22(29)13-11-21)19(4)33(28(35)30-25)23-14-7-17(2)18(3)15-23/h5-15,25H,1-4H3,(H,30,35). The third-order valence-electron chi connectivity index (χ3n) is 6.40. The predicted molar refractivity (Wildman–Crippen MR) is 140 cm³/mol. The number of thiocarbonyl (C=S) groups is 1. The van der Waals surface area contributed by atoms with Crippen molar-refractivity contribution >= 4 is 28.6 Å². The van der Waals surface area contributed by atoms with E-state index in [0.29, 0.717) is 22.4 Å². The molecule has 1 unspecified atom stereocenters. The number of benzene rings is 3. The third kappa shape index (κ3) is 4.35. The molecule has 0 saturated heterocycles. The van der Waals surface area contributed by atoms with E-state index in [-0.39, 0.29) is 11.9 Å². The van der Waals surface area contributed by atoms with Crippen molar-refractivity contribution in [3.8, 4) is 11.4 Å². The predicted octanol–water partition coefficient (Wildman–Crippen LogP) is 6.67. The SMILES string of the molecule is CC1=C(c2nc(-c3ccc(F)cc3)no2)C(c2ccc(C)cc2)NC(=S)N1c1ccc(C)c(C)c1. The maximum absolute atomic E-state index is 13.4. The van der Waals surface area contributed by atoms with Gasteiger partial charge in [-0.05, 0) is 93.0 Å². The molecular formula is C28H25FN4OS. The van der Waals surface area contributed by atoms with Gasteiger partial charge in [-0.25, -0.2) is 4.39 Å². The summed E-state index contributed by atoms with van der Waals surface area (Å²) in [6.07, 6.45) is 0. The van der Waals surface area contributed by atoms with E-state index in [1.165, 1.54) is 28.8 Å². The van der Waals surface area contributed by atoms with Gasteiger partial charge in [-0.1, -0.05) is 41.1 Å². The zero-order valence-corrected chi connectivity index (χ0v) is 20.8. The lowest BCUT2D eigenvalue weighted by atomic mass is 9.94. The van der Waals surface area contributed by atoms with Gasteiger partial charge in [0, 0.05) is 16.9 Å². The van der Waals surface area contributed by atoms with E-state index < -0.39 is 0 Å². The summed E-state index contributed by atoms with van der Waals surface area (Å²) in [6, 6.07) is 20.3. The van der Waals surface area contributed by atoms with Crippen molar-refractivity contribution in [2.75, 3.05) is 4.90 Å². The second kappa shape index (κ2) is 9.07. The molecule has 1 aromatic heterocycles. The Balaban J connectivity index is 1.65. The van der Waals surface area contributed by atoms with Gasteiger partial charge in [0.15, 0.2) is 5.11 Å². The van der Waals surface area contributed by atoms with Gasteiger partial charge in [-0.2, -0.15) is 4.98 Å². The Labute approximate surface area is 209 Å². The Morgan fingerprint density at radius 1 is 0.914 bits per heavy atom. The van der Waals surface area contributed by atoms with Crippen LogP contribution in [0, 0.1) is 26.6 Å². The van der Waals surface area contributed by atoms with Gasteiger partial charge < -0.3 is 9.84 Å². The fraction of sp³-hybridized carbons (Fsp3) is 0.179. The molecule has 0 radical (unpaired) electrons. The molecule has 0 fully saturated rings. The first-order valence-corrected chi connectivity index (χ1v) is 11.8. The Hall–Kier alpha value is -3.84. The van der Waals surface area contributed by atoms with Gasteiger partial charge in [0.1, 0.15) is 5.82 Å². The highest BCUT2D eigenvalue weighted by molar-refractivity contribution is 7.80. The monoisotopic (exact) mass is 484 g/mol. The van der Waals surface area contributed by atoms with Crippen molar-refractivity contribution in [1.29, 1.82) is 0 Å². The molecule has 0 aliphatic carbocycles. The van der Waals surface area contributed by atoms with E-state index in [1.807, 2.05) is 11.8 Å². The third-order valence-corrected chi connectivity index (χ3v) is 6.70. The summed E-state index contributed by atoms with van der Waals surface area (Å²) >= 11 is 5.84. The molecule has 1 aliphatic heterocycles. The minimum atomic E-state index is -0.315. The molecule has 3 aromatic carbocycles. The maximum Gasteiger partial charge on any atom is 0.258 e. The van der Waals surface area contributed by atoms with Crippen molar-refractivity contribution in [1.82, 2.24) is 15.5 Å². The molecule has 5 nitrogen and oxygen atoms in total. The van der Waals surface area contributed by atoms with E-state index in [2.05, 4.69) is 73.7 Å². The molecule has 4 aromatic rings. The van der Waals surface area contributed by atoms with Crippen LogP contribution in [0.2, 0.25) is 0 Å². The Morgan fingerprint density at radius 2 is 1.63 bits per heavy atom. The van der Waals surface area contributed by atoms with E-state index in [0.717, 1.165) is 22.5 Å². The first-order valence-electron chi connectivity index (χ1n) is 11.4. The van der Waals surface area contributed by atoms with E-state index >= 15 is 0 Å². The van der Waals surface area contributed by atoms with Crippen molar-refractivity contribution in [3.05, 3.63) is 106 Å². The number of halogens is 1. The highest BCUT2D eigenvalue weighted by Crippen LogP contribution is 2.39. The lowest BCUT2D eigenvalue weighted by Gasteiger charge is -2.37. The topological polar surface area (TPSA) is 54.2 Å². The summed E-state index contributed by atoms with van der Waals surface area (Å²) in [5.74, 6) is 0.467. The van der Waals surface area contributed by atoms with Crippen LogP contribution < -0.4 is 10.2 Å². The minimum Gasteiger partial charge on any atom is -0.351 e. The van der Waals surface area contributed by atoms with E-state index in [9.17, 15) is 4.39 Å². The van der Waals surface area contributed by atoms with E-state index in [4.69, 9.17) is 21.7 Å². The quantitative estimate of drug-likeness (QED) is 0.327. The zero-order chi connectivity index (χ0) is 24.7. The van der Waals surface area contributed by atoms with E-state index in [1.54, 1.807) is 12.1 Å². The smallest absolute Gasteiger partial charge is 0.258 e. The molecule has 5 rings (SSSR count). The average Bonchev–Trinajstić information content (AvgIpc) is 3.31. The second-order valence-corrected chi connectivity index (χ2v) is 9.21. The number of hydrogen-bond donors (Lipinski definition) is 1. The molecule has 0 amide bonds. The fourth-order valence-corrected chi connectivity index (χ4v) is 4.61. The van der Waals surface area contributed by atoms with Gasteiger partial charge in [-0.3, -0.25) is 4.90 Å². The van der Waals surface area contributed by atoms with Crippen molar-refractivity contribution < 1.29 is 8.91 Å². The molecule has 176 valence electrons. The molecule has 0 spiro atoms. The highest BCUT2D eigenvalue weighted by Gasteiger charge is 2.34. The molecule has 0 saturated carbocycles. The summed E-state index contributed by atoms with van der Waals surface area (Å²) in [5, 5.41) is 8.28. The first kappa shape index (κ1) is 22.9. The number of nitrogens with one attached hydrogen (secondary N) is 1. The summed E-state index contributed by atoms with van der Waals surface area (Å²) in [7, 11) is 0. The molecule has 1 aliphatic rings. The number of aryl methyl sites for hydroxylation is 3. The molecule has 35 heavy (non-hydrogen) atoms. The summed E-state index contributed by atoms with van der Waals surface area (Å²) in [5.41, 5.74) is 7.97. The molecular weight excluding hydrogens is 459 g/mol. The van der Waals surface area contributed by atoms with Crippen molar-refractivity contribution in [2.24, 2.45) is 0 Å². The van der Waals surface area contributed by atoms with Crippen LogP contribution in [-0.4, -0.2) is 15.3 Å². The summed E-state index contributed by atoms with van der Waals surface area (Å²) in [4.78, 5) is 6.70. The van der Waals surface area contributed by atoms with Gasteiger partial charge in [0.2, 0.25) is 5.82 Å². The number of allylic oxidation sites excluding steroid dienone is 1. The van der Waals surface area contributed by atoms with Gasteiger partial charge in [0.25, 0.3) is 5.89 Å². The molecule has 2 heterocycles. The second-order valence-electron chi connectivity index (χ2n) is 8.83. The molecule has 7 heteroatoms. The Morgan fingerprint density at radius 3 is 2.31 bits per heavy atom. The largest absolute Gasteiger partial charge is 0.351 e. The van der Waals surface area contributed by atoms with Gasteiger partial charge >= 0.3 is 0 Å². The van der Waals surface area contributed by atoms with Crippen LogP contribution in [-0.2, 0) is 0 Å². The Bertz CT molecular complexity index is 1440. The minimum absolute atomic E-state index is 0.271. The lowest BCUT2D eigenvalue weighted by molar-refractivity contribution is 0.404. The number of aromatic nitrogens is 2. The zero-order valence-electron chi connectivity index (χ0n) is 20.0. The fourth-order valence-electron chi connectivity index (χ4n) is 4.25. The van der Waals surface area contributed by atoms with Crippen LogP contribution in [0.4, 0.5) is 10.1 Å². The highest BCUT2D eigenvalue weighted by atomic mass is 32.1. The Kier molecular flexibility index (Phi) is 5.94. The van der Waals surface area contributed by atoms with Crippen LogP contribution in [0.5, 0.6) is 0 Å². The maximum atomic E-state index is 13.4. The molecule has 1 atom stereocenters. The number of nitrogens with zero attached hydrogens (tertiary/aromatic N) is 3. The molecule has 1 N–H and O–H groups in total. The van der Waals surface area contributed by atoms with Crippen LogP contribution >= 0.6 is 12.2 Å². The summed E-state index contributed by atoms with van der Waals surface area (Å²) < 4.78 is 19.2. The van der Waals surface area contributed by atoms with Gasteiger partial charge in [-0.15, -0.1) is 0 Å². The summed E-state index contributed by atoms with van der Waals surface area (Å²) in [6.45, 7) is 8.24. The number of hydrogen-bond acceptors (Lipinski definition) is 4. The molecule has 0 bridgehead atoms. The normalized spacial score (nSPS) is 16.0. The van der Waals surface area contributed by atoms with Crippen LogP contribution in [0.3, 0.4) is 0 Å². The van der Waals surface area contributed by atoms with Crippen LogP contribution in [0.15, 0.2) is 77.0 Å². The average molecular weight is 485 g/mol. The number of rotatable bonds is 4. The van der Waals surface area contributed by atoms with Crippen LogP contribution in [0.25, 0.3) is 17.0 Å². The van der Waals surface area contributed by atoms with Gasteiger partial charge in [0.05, 0.1) is 11.6 Å².